The van der Waals surface area contributed by atoms with Crippen LogP contribution in [0.15, 0.2) is 28.8 Å². The van der Waals surface area contributed by atoms with Gasteiger partial charge in [-0.25, -0.2) is 0 Å². The van der Waals surface area contributed by atoms with E-state index in [0.29, 0.717) is 34.1 Å². The summed E-state index contributed by atoms with van der Waals surface area (Å²) in [5.41, 5.74) is 1.67. The van der Waals surface area contributed by atoms with Crippen LogP contribution in [0.4, 0.5) is 0 Å². The average molecular weight is 376 g/mol. The first kappa shape index (κ1) is 18.9. The zero-order chi connectivity index (χ0) is 18.4. The maximum atomic E-state index is 12.7. The van der Waals surface area contributed by atoms with Crippen LogP contribution >= 0.6 is 11.6 Å². The largest absolute Gasteiger partial charge is 0.360 e. The van der Waals surface area contributed by atoms with E-state index in [0.717, 1.165) is 13.0 Å². The van der Waals surface area contributed by atoms with E-state index in [1.165, 1.54) is 38.8 Å². The molecule has 2 heterocycles. The van der Waals surface area contributed by atoms with Gasteiger partial charge >= 0.3 is 0 Å². The van der Waals surface area contributed by atoms with E-state index in [9.17, 15) is 4.79 Å². The molecule has 0 saturated carbocycles. The van der Waals surface area contributed by atoms with Crippen molar-refractivity contribution < 1.29 is 9.32 Å². The second kappa shape index (κ2) is 9.19. The Morgan fingerprint density at radius 2 is 1.96 bits per heavy atom. The molecule has 140 valence electrons. The first-order valence-electron chi connectivity index (χ1n) is 9.38. The maximum Gasteiger partial charge on any atom is 0.257 e. The third-order valence-corrected chi connectivity index (χ3v) is 5.18. The number of halogens is 1. The quantitative estimate of drug-likeness (QED) is 0.765. The summed E-state index contributed by atoms with van der Waals surface area (Å²) in [5, 5.41) is 7.61. The normalized spacial score (nSPS) is 15.6. The van der Waals surface area contributed by atoms with Crippen LogP contribution in [0.3, 0.4) is 0 Å². The molecule has 1 aromatic heterocycles. The third-order valence-electron chi connectivity index (χ3n) is 4.85. The van der Waals surface area contributed by atoms with E-state index in [2.05, 4.69) is 15.4 Å². The molecule has 6 heteroatoms. The van der Waals surface area contributed by atoms with Crippen molar-refractivity contribution in [2.24, 2.45) is 0 Å². The highest BCUT2D eigenvalue weighted by Gasteiger charge is 2.22. The molecule has 0 bridgehead atoms. The molecule has 3 rings (SSSR count). The van der Waals surface area contributed by atoms with Crippen LogP contribution in [0, 0.1) is 6.92 Å². The number of rotatable bonds is 6. The first-order chi connectivity index (χ1) is 12.7. The van der Waals surface area contributed by atoms with Crippen molar-refractivity contribution in [2.45, 2.75) is 39.0 Å². The molecule has 1 amide bonds. The molecule has 0 radical (unpaired) electrons. The van der Waals surface area contributed by atoms with Gasteiger partial charge in [-0.05, 0) is 51.9 Å². The lowest BCUT2D eigenvalue weighted by molar-refractivity contribution is 0.0950. The smallest absolute Gasteiger partial charge is 0.257 e. The van der Waals surface area contributed by atoms with Crippen LogP contribution < -0.4 is 5.32 Å². The summed E-state index contributed by atoms with van der Waals surface area (Å²) in [7, 11) is 0. The summed E-state index contributed by atoms with van der Waals surface area (Å²) < 4.78 is 5.26. The Bertz CT molecular complexity index is 736. The molecule has 1 saturated heterocycles. The zero-order valence-electron chi connectivity index (χ0n) is 15.3. The summed E-state index contributed by atoms with van der Waals surface area (Å²) in [6.45, 7) is 5.77. The number of nitrogens with one attached hydrogen (secondary N) is 1. The number of nitrogens with zero attached hydrogens (tertiary/aromatic N) is 2. The monoisotopic (exact) mass is 375 g/mol. The van der Waals surface area contributed by atoms with Gasteiger partial charge in [-0.3, -0.25) is 4.79 Å². The van der Waals surface area contributed by atoms with Gasteiger partial charge in [0.25, 0.3) is 5.91 Å². The number of aryl methyl sites for hydroxylation is 1. The highest BCUT2D eigenvalue weighted by molar-refractivity contribution is 6.33. The molecule has 1 N–H and O–H groups in total. The fraction of sp³-hybridized carbons (Fsp3) is 0.500. The number of benzene rings is 1. The molecule has 26 heavy (non-hydrogen) atoms. The van der Waals surface area contributed by atoms with E-state index in [4.69, 9.17) is 16.1 Å². The van der Waals surface area contributed by atoms with Crippen molar-refractivity contribution in [1.29, 1.82) is 0 Å². The van der Waals surface area contributed by atoms with Gasteiger partial charge < -0.3 is 14.7 Å². The van der Waals surface area contributed by atoms with Crippen LogP contribution in [0.2, 0.25) is 5.02 Å². The fourth-order valence-electron chi connectivity index (χ4n) is 3.43. The van der Waals surface area contributed by atoms with Crippen LogP contribution in [0.25, 0.3) is 11.3 Å². The van der Waals surface area contributed by atoms with Gasteiger partial charge in [0.1, 0.15) is 17.0 Å². The molecule has 1 aliphatic rings. The molecule has 0 unspecified atom stereocenters. The lowest BCUT2D eigenvalue weighted by atomic mass is 10.1. The molecule has 1 aromatic carbocycles. The van der Waals surface area contributed by atoms with E-state index >= 15 is 0 Å². The molecule has 0 aliphatic carbocycles. The number of carbonyl (C=O) groups is 1. The number of aromatic nitrogens is 1. The Hall–Kier alpha value is -1.85. The third kappa shape index (κ3) is 4.65. The van der Waals surface area contributed by atoms with Crippen molar-refractivity contribution in [2.75, 3.05) is 26.2 Å². The predicted octanol–water partition coefficient (Wildman–Crippen LogP) is 4.30. The van der Waals surface area contributed by atoms with Crippen LogP contribution in [-0.4, -0.2) is 42.1 Å². The van der Waals surface area contributed by atoms with E-state index in [-0.39, 0.29) is 5.91 Å². The van der Waals surface area contributed by atoms with Crippen molar-refractivity contribution in [3.63, 3.8) is 0 Å². The SMILES string of the molecule is Cc1onc(-c2ccccc2Cl)c1C(=O)NCCCN1CCCCCC1. The summed E-state index contributed by atoms with van der Waals surface area (Å²) in [4.78, 5) is 15.2. The van der Waals surface area contributed by atoms with Gasteiger partial charge in [0.05, 0.1) is 5.02 Å². The predicted molar refractivity (Wildman–Crippen MR) is 104 cm³/mol. The molecular weight excluding hydrogens is 350 g/mol. The Morgan fingerprint density at radius 3 is 2.69 bits per heavy atom. The van der Waals surface area contributed by atoms with Crippen molar-refractivity contribution in [1.82, 2.24) is 15.4 Å². The number of hydrogen-bond donors (Lipinski definition) is 1. The second-order valence-corrected chi connectivity index (χ2v) is 7.21. The summed E-state index contributed by atoms with van der Waals surface area (Å²) in [6, 6.07) is 7.34. The number of likely N-dealkylation sites (tertiary alicyclic amines) is 1. The topological polar surface area (TPSA) is 58.4 Å². The molecule has 2 aromatic rings. The molecule has 5 nitrogen and oxygen atoms in total. The van der Waals surface area contributed by atoms with Crippen LogP contribution in [-0.2, 0) is 0 Å². The van der Waals surface area contributed by atoms with E-state index in [1.54, 1.807) is 13.0 Å². The number of hydrogen-bond acceptors (Lipinski definition) is 4. The minimum absolute atomic E-state index is 0.158. The Morgan fingerprint density at radius 1 is 1.23 bits per heavy atom. The Labute approximate surface area is 159 Å². The molecular formula is C20H26ClN3O2. The Kier molecular flexibility index (Phi) is 6.69. The van der Waals surface area contributed by atoms with Crippen molar-refractivity contribution >= 4 is 17.5 Å². The first-order valence-corrected chi connectivity index (χ1v) is 9.76. The lowest BCUT2D eigenvalue weighted by Gasteiger charge is -2.19. The highest BCUT2D eigenvalue weighted by atomic mass is 35.5. The van der Waals surface area contributed by atoms with Gasteiger partial charge in [-0.1, -0.05) is 47.8 Å². The zero-order valence-corrected chi connectivity index (χ0v) is 16.0. The van der Waals surface area contributed by atoms with E-state index < -0.39 is 0 Å². The average Bonchev–Trinajstić information content (AvgIpc) is 2.84. The molecule has 1 aliphatic heterocycles. The summed E-state index contributed by atoms with van der Waals surface area (Å²) in [5.74, 6) is 0.347. The van der Waals surface area contributed by atoms with Gasteiger partial charge in [-0.15, -0.1) is 0 Å². The second-order valence-electron chi connectivity index (χ2n) is 6.81. The summed E-state index contributed by atoms with van der Waals surface area (Å²) >= 11 is 6.25. The van der Waals surface area contributed by atoms with Gasteiger partial charge in [0.15, 0.2) is 0 Å². The van der Waals surface area contributed by atoms with E-state index in [1.807, 2.05) is 18.2 Å². The molecule has 1 fully saturated rings. The van der Waals surface area contributed by atoms with Crippen LogP contribution in [0.1, 0.15) is 48.2 Å². The molecule has 0 atom stereocenters. The highest BCUT2D eigenvalue weighted by Crippen LogP contribution is 2.30. The maximum absolute atomic E-state index is 12.7. The van der Waals surface area contributed by atoms with Gasteiger partial charge in [0, 0.05) is 12.1 Å². The minimum Gasteiger partial charge on any atom is -0.360 e. The summed E-state index contributed by atoms with van der Waals surface area (Å²) in [6.07, 6.45) is 6.19. The van der Waals surface area contributed by atoms with Crippen molar-refractivity contribution in [3.8, 4) is 11.3 Å². The Balaban J connectivity index is 1.58. The number of carbonyl (C=O) groups excluding carboxylic acids is 1. The van der Waals surface area contributed by atoms with Gasteiger partial charge in [-0.2, -0.15) is 0 Å². The van der Waals surface area contributed by atoms with Crippen LogP contribution in [0.5, 0.6) is 0 Å². The minimum atomic E-state index is -0.158. The van der Waals surface area contributed by atoms with Crippen molar-refractivity contribution in [3.05, 3.63) is 40.6 Å². The fourth-order valence-corrected chi connectivity index (χ4v) is 3.65. The number of amides is 1. The lowest BCUT2D eigenvalue weighted by Crippen LogP contribution is -2.31. The van der Waals surface area contributed by atoms with Gasteiger partial charge in [0.2, 0.25) is 0 Å². The molecule has 0 spiro atoms. The standard InChI is InChI=1S/C20H26ClN3O2/c1-15-18(19(23-26-15)16-9-4-5-10-17(16)21)20(25)22-11-8-14-24-12-6-2-3-7-13-24/h4-5,9-10H,2-3,6-8,11-14H2,1H3,(H,22,25).